The van der Waals surface area contributed by atoms with Crippen molar-refractivity contribution in [3.05, 3.63) is 77.4 Å². The molecule has 0 aliphatic heterocycles. The smallest absolute Gasteiger partial charge is 0.417 e. The van der Waals surface area contributed by atoms with Crippen molar-refractivity contribution in [2.45, 2.75) is 6.18 Å². The standard InChI is InChI=1S/C22H14F3NO2S/c23-22(24,25)18-11-16(27)8-7-14(18)4-1-13-2-5-15(6-3-13)21-26-19-10-9-17(28)12-20(19)29-21/h1-12,27-28H/b4-1+. The average molecular weight is 413 g/mol. The molecule has 0 atom stereocenters. The number of aromatic hydroxyl groups is 2. The van der Waals surface area contributed by atoms with E-state index in [4.69, 9.17) is 0 Å². The number of alkyl halides is 3. The molecule has 0 amide bonds. The number of aromatic nitrogens is 1. The molecule has 0 saturated carbocycles. The van der Waals surface area contributed by atoms with E-state index in [9.17, 15) is 23.4 Å². The second-order valence-electron chi connectivity index (χ2n) is 6.40. The van der Waals surface area contributed by atoms with Crippen LogP contribution in [0, 0.1) is 0 Å². The van der Waals surface area contributed by atoms with Gasteiger partial charge in [0.05, 0.1) is 15.8 Å². The molecule has 1 aromatic heterocycles. The van der Waals surface area contributed by atoms with Crippen molar-refractivity contribution in [3.8, 4) is 22.1 Å². The first-order valence-electron chi connectivity index (χ1n) is 8.58. The number of hydrogen-bond donors (Lipinski definition) is 2. The lowest BCUT2D eigenvalue weighted by molar-refractivity contribution is -0.137. The Hall–Kier alpha value is -3.32. The Labute approximate surface area is 168 Å². The fourth-order valence-corrected chi connectivity index (χ4v) is 3.90. The molecule has 2 N–H and O–H groups in total. The third-order valence-corrected chi connectivity index (χ3v) is 5.39. The van der Waals surface area contributed by atoms with Crippen molar-refractivity contribution < 1.29 is 23.4 Å². The monoisotopic (exact) mass is 413 g/mol. The number of benzene rings is 3. The fourth-order valence-electron chi connectivity index (χ4n) is 2.89. The van der Waals surface area contributed by atoms with E-state index in [1.807, 2.05) is 12.1 Å². The van der Waals surface area contributed by atoms with E-state index in [1.165, 1.54) is 29.5 Å². The molecule has 0 spiro atoms. The molecule has 1 heterocycles. The molecule has 4 aromatic rings. The quantitative estimate of drug-likeness (QED) is 0.374. The third kappa shape index (κ3) is 4.09. The van der Waals surface area contributed by atoms with E-state index in [2.05, 4.69) is 4.98 Å². The Morgan fingerprint density at radius 2 is 1.52 bits per heavy atom. The maximum atomic E-state index is 13.1. The number of fused-ring (bicyclic) bond motifs is 1. The minimum Gasteiger partial charge on any atom is -0.508 e. The van der Waals surface area contributed by atoms with Crippen molar-refractivity contribution in [2.75, 3.05) is 0 Å². The van der Waals surface area contributed by atoms with Crippen LogP contribution in [0.15, 0.2) is 60.7 Å². The van der Waals surface area contributed by atoms with Crippen LogP contribution in [0.25, 0.3) is 32.9 Å². The lowest BCUT2D eigenvalue weighted by atomic mass is 10.0. The Bertz CT molecular complexity index is 1210. The Kier molecular flexibility index (Phi) is 4.76. The van der Waals surface area contributed by atoms with Crippen LogP contribution in [-0.4, -0.2) is 15.2 Å². The van der Waals surface area contributed by atoms with Gasteiger partial charge in [-0.1, -0.05) is 42.5 Å². The molecule has 3 aromatic carbocycles. The zero-order valence-corrected chi connectivity index (χ0v) is 15.6. The van der Waals surface area contributed by atoms with Gasteiger partial charge in [-0.2, -0.15) is 13.2 Å². The third-order valence-electron chi connectivity index (χ3n) is 4.33. The van der Waals surface area contributed by atoms with Gasteiger partial charge in [-0.3, -0.25) is 0 Å². The predicted molar refractivity (Wildman–Crippen MR) is 109 cm³/mol. The number of thiazole rings is 1. The largest absolute Gasteiger partial charge is 0.508 e. The van der Waals surface area contributed by atoms with E-state index in [0.29, 0.717) is 6.07 Å². The van der Waals surface area contributed by atoms with Gasteiger partial charge in [0, 0.05) is 5.56 Å². The van der Waals surface area contributed by atoms with Gasteiger partial charge in [0.15, 0.2) is 0 Å². The number of rotatable bonds is 3. The van der Waals surface area contributed by atoms with Crippen LogP contribution in [0.5, 0.6) is 11.5 Å². The molecular weight excluding hydrogens is 399 g/mol. The summed E-state index contributed by atoms with van der Waals surface area (Å²) in [4.78, 5) is 4.53. The molecule has 0 saturated heterocycles. The average Bonchev–Trinajstić information content (AvgIpc) is 3.10. The Morgan fingerprint density at radius 1 is 0.828 bits per heavy atom. The van der Waals surface area contributed by atoms with E-state index in [1.54, 1.807) is 36.4 Å². The van der Waals surface area contributed by atoms with Crippen molar-refractivity contribution in [3.63, 3.8) is 0 Å². The zero-order chi connectivity index (χ0) is 20.6. The topological polar surface area (TPSA) is 53.4 Å². The second kappa shape index (κ2) is 7.25. The van der Waals surface area contributed by atoms with Gasteiger partial charge < -0.3 is 10.2 Å². The van der Waals surface area contributed by atoms with E-state index in [0.717, 1.165) is 26.4 Å². The van der Waals surface area contributed by atoms with E-state index < -0.39 is 17.5 Å². The lowest BCUT2D eigenvalue weighted by Gasteiger charge is -2.10. The minimum absolute atomic E-state index is 0.0228. The summed E-state index contributed by atoms with van der Waals surface area (Å²) in [5, 5.41) is 19.7. The summed E-state index contributed by atoms with van der Waals surface area (Å²) >= 11 is 1.45. The van der Waals surface area contributed by atoms with Crippen molar-refractivity contribution >= 4 is 33.7 Å². The highest BCUT2D eigenvalue weighted by Crippen LogP contribution is 2.35. The van der Waals surface area contributed by atoms with Crippen LogP contribution in [0.3, 0.4) is 0 Å². The normalized spacial score (nSPS) is 12.1. The highest BCUT2D eigenvalue weighted by molar-refractivity contribution is 7.21. The second-order valence-corrected chi connectivity index (χ2v) is 7.43. The predicted octanol–water partition coefficient (Wildman–Crippen LogP) is 6.56. The summed E-state index contributed by atoms with van der Waals surface area (Å²) in [6.45, 7) is 0. The van der Waals surface area contributed by atoms with E-state index >= 15 is 0 Å². The molecule has 4 rings (SSSR count). The summed E-state index contributed by atoms with van der Waals surface area (Å²) in [6.07, 6.45) is -1.59. The fraction of sp³-hybridized carbons (Fsp3) is 0.0455. The number of nitrogens with zero attached hydrogens (tertiary/aromatic N) is 1. The first-order valence-corrected chi connectivity index (χ1v) is 9.39. The Balaban J connectivity index is 1.60. The number of phenolic OH excluding ortho intramolecular Hbond substituents is 2. The van der Waals surface area contributed by atoms with Crippen molar-refractivity contribution in [1.82, 2.24) is 4.98 Å². The van der Waals surface area contributed by atoms with Crippen LogP contribution in [-0.2, 0) is 6.18 Å². The van der Waals surface area contributed by atoms with Gasteiger partial charge in [0.25, 0.3) is 0 Å². The summed E-state index contributed by atoms with van der Waals surface area (Å²) < 4.78 is 40.3. The van der Waals surface area contributed by atoms with Gasteiger partial charge in [0.1, 0.15) is 16.5 Å². The summed E-state index contributed by atoms with van der Waals surface area (Å²) in [5.74, 6) is -0.247. The van der Waals surface area contributed by atoms with Gasteiger partial charge in [0.2, 0.25) is 0 Å². The van der Waals surface area contributed by atoms with Crippen molar-refractivity contribution in [1.29, 1.82) is 0 Å². The highest BCUT2D eigenvalue weighted by Gasteiger charge is 2.33. The van der Waals surface area contributed by atoms with Gasteiger partial charge in [-0.25, -0.2) is 4.98 Å². The summed E-state index contributed by atoms with van der Waals surface area (Å²) in [5.41, 5.74) is 1.49. The molecule has 0 radical (unpaired) electrons. The minimum atomic E-state index is -4.55. The molecule has 0 unspecified atom stereocenters. The summed E-state index contributed by atoms with van der Waals surface area (Å²) in [6, 6.07) is 15.4. The van der Waals surface area contributed by atoms with E-state index in [-0.39, 0.29) is 11.3 Å². The van der Waals surface area contributed by atoms with Crippen LogP contribution in [0.2, 0.25) is 0 Å². The molecule has 0 aliphatic rings. The molecule has 146 valence electrons. The first-order chi connectivity index (χ1) is 13.8. The van der Waals surface area contributed by atoms with Crippen LogP contribution < -0.4 is 0 Å². The molecule has 7 heteroatoms. The molecule has 0 fully saturated rings. The molecule has 29 heavy (non-hydrogen) atoms. The molecular formula is C22H14F3NO2S. The van der Waals surface area contributed by atoms with Crippen molar-refractivity contribution in [2.24, 2.45) is 0 Å². The molecule has 3 nitrogen and oxygen atoms in total. The maximum absolute atomic E-state index is 13.1. The SMILES string of the molecule is Oc1ccc(/C=C/c2ccc(-c3nc4ccc(O)cc4s3)cc2)c(C(F)(F)F)c1. The number of hydrogen-bond acceptors (Lipinski definition) is 4. The Morgan fingerprint density at radius 3 is 2.24 bits per heavy atom. The van der Waals surface area contributed by atoms with Gasteiger partial charge >= 0.3 is 6.18 Å². The van der Waals surface area contributed by atoms with Crippen LogP contribution in [0.4, 0.5) is 13.2 Å². The zero-order valence-electron chi connectivity index (χ0n) is 14.8. The molecule has 0 bridgehead atoms. The highest BCUT2D eigenvalue weighted by atomic mass is 32.1. The maximum Gasteiger partial charge on any atom is 0.417 e. The first kappa shape index (κ1) is 19.0. The van der Waals surface area contributed by atoms with Crippen LogP contribution >= 0.6 is 11.3 Å². The van der Waals surface area contributed by atoms with Gasteiger partial charge in [-0.15, -0.1) is 11.3 Å². The summed E-state index contributed by atoms with van der Waals surface area (Å²) in [7, 11) is 0. The van der Waals surface area contributed by atoms with Crippen LogP contribution in [0.1, 0.15) is 16.7 Å². The van der Waals surface area contributed by atoms with Gasteiger partial charge in [-0.05, 0) is 41.5 Å². The lowest BCUT2D eigenvalue weighted by Crippen LogP contribution is -2.06. The number of phenols is 2. The molecule has 0 aliphatic carbocycles. The number of halogens is 3.